The average molecular weight is 212 g/mol. The highest BCUT2D eigenvalue weighted by Crippen LogP contribution is 2.34. The SMILES string of the molecule is O=C(O)CC1(NC(=O)NC2CC2)CCC1. The van der Waals surface area contributed by atoms with Gasteiger partial charge < -0.3 is 15.7 Å². The Labute approximate surface area is 88.2 Å². The van der Waals surface area contributed by atoms with Crippen molar-refractivity contribution >= 4 is 12.0 Å². The summed E-state index contributed by atoms with van der Waals surface area (Å²) in [5.41, 5.74) is -0.481. The molecule has 2 amide bonds. The van der Waals surface area contributed by atoms with Crippen LogP contribution >= 0.6 is 0 Å². The molecule has 0 bridgehead atoms. The fourth-order valence-corrected chi connectivity index (χ4v) is 1.93. The minimum Gasteiger partial charge on any atom is -0.481 e. The van der Waals surface area contributed by atoms with Gasteiger partial charge in [-0.2, -0.15) is 0 Å². The Hall–Kier alpha value is -1.26. The lowest BCUT2D eigenvalue weighted by molar-refractivity contribution is -0.139. The van der Waals surface area contributed by atoms with Crippen LogP contribution in [0.4, 0.5) is 4.79 Å². The highest BCUT2D eigenvalue weighted by molar-refractivity contribution is 5.77. The van der Waals surface area contributed by atoms with Gasteiger partial charge in [-0.1, -0.05) is 0 Å². The molecule has 5 heteroatoms. The first-order valence-corrected chi connectivity index (χ1v) is 5.40. The molecule has 0 aromatic rings. The zero-order valence-corrected chi connectivity index (χ0v) is 8.58. The minimum absolute atomic E-state index is 0.0328. The number of aliphatic carboxylic acids is 1. The van der Waals surface area contributed by atoms with Crippen LogP contribution in [-0.4, -0.2) is 28.7 Å². The van der Waals surface area contributed by atoms with Crippen molar-refractivity contribution in [2.45, 2.75) is 50.1 Å². The van der Waals surface area contributed by atoms with E-state index in [2.05, 4.69) is 10.6 Å². The summed E-state index contributed by atoms with van der Waals surface area (Å²) >= 11 is 0. The van der Waals surface area contributed by atoms with Gasteiger partial charge in [-0.05, 0) is 32.1 Å². The lowest BCUT2D eigenvalue weighted by Crippen LogP contribution is -2.57. The van der Waals surface area contributed by atoms with Crippen molar-refractivity contribution in [2.24, 2.45) is 0 Å². The molecule has 2 fully saturated rings. The van der Waals surface area contributed by atoms with E-state index in [0.29, 0.717) is 6.04 Å². The molecule has 2 aliphatic carbocycles. The van der Waals surface area contributed by atoms with Crippen molar-refractivity contribution in [3.05, 3.63) is 0 Å². The maximum Gasteiger partial charge on any atom is 0.315 e. The molecular formula is C10H16N2O3. The number of carboxylic acid groups (broad SMARTS) is 1. The molecule has 2 rings (SSSR count). The first kappa shape index (κ1) is 10.3. The summed E-state index contributed by atoms with van der Waals surface area (Å²) in [7, 11) is 0. The van der Waals surface area contributed by atoms with Crippen molar-refractivity contribution in [1.29, 1.82) is 0 Å². The predicted octanol–water partition coefficient (Wildman–Crippen LogP) is 0.845. The van der Waals surface area contributed by atoms with E-state index in [1.54, 1.807) is 0 Å². The number of rotatable bonds is 4. The number of hydrogen-bond donors (Lipinski definition) is 3. The van der Waals surface area contributed by atoms with Gasteiger partial charge in [0.15, 0.2) is 0 Å². The predicted molar refractivity (Wildman–Crippen MR) is 53.5 cm³/mol. The van der Waals surface area contributed by atoms with Crippen LogP contribution in [0.15, 0.2) is 0 Å². The van der Waals surface area contributed by atoms with Crippen LogP contribution in [-0.2, 0) is 4.79 Å². The Morgan fingerprint density at radius 3 is 2.40 bits per heavy atom. The zero-order valence-electron chi connectivity index (χ0n) is 8.58. The van der Waals surface area contributed by atoms with E-state index < -0.39 is 11.5 Å². The molecule has 0 heterocycles. The molecule has 0 aromatic heterocycles. The summed E-state index contributed by atoms with van der Waals surface area (Å²) in [4.78, 5) is 22.1. The largest absolute Gasteiger partial charge is 0.481 e. The van der Waals surface area contributed by atoms with E-state index in [-0.39, 0.29) is 12.5 Å². The van der Waals surface area contributed by atoms with Gasteiger partial charge in [0.25, 0.3) is 0 Å². The van der Waals surface area contributed by atoms with Gasteiger partial charge in [0, 0.05) is 6.04 Å². The Morgan fingerprint density at radius 2 is 2.00 bits per heavy atom. The second kappa shape index (κ2) is 3.72. The molecular weight excluding hydrogens is 196 g/mol. The van der Waals surface area contributed by atoms with Crippen molar-refractivity contribution in [2.75, 3.05) is 0 Å². The summed E-state index contributed by atoms with van der Waals surface area (Å²) in [6, 6.07) is 0.102. The van der Waals surface area contributed by atoms with E-state index in [1.807, 2.05) is 0 Å². The average Bonchev–Trinajstić information content (AvgIpc) is 2.83. The first-order valence-electron chi connectivity index (χ1n) is 5.40. The molecule has 3 N–H and O–H groups in total. The van der Waals surface area contributed by atoms with Gasteiger partial charge in [-0.15, -0.1) is 0 Å². The Morgan fingerprint density at radius 1 is 1.33 bits per heavy atom. The summed E-state index contributed by atoms with van der Waals surface area (Å²) in [5, 5.41) is 14.4. The standard InChI is InChI=1S/C10H16N2O3/c13-8(14)6-10(4-1-5-10)12-9(15)11-7-2-3-7/h7H,1-6H2,(H,13,14)(H2,11,12,15). The van der Waals surface area contributed by atoms with E-state index in [0.717, 1.165) is 32.1 Å². The maximum absolute atomic E-state index is 11.5. The van der Waals surface area contributed by atoms with E-state index in [9.17, 15) is 9.59 Å². The highest BCUT2D eigenvalue weighted by atomic mass is 16.4. The fraction of sp³-hybridized carbons (Fsp3) is 0.800. The third kappa shape index (κ3) is 2.61. The third-order valence-electron chi connectivity index (χ3n) is 3.09. The normalized spacial score (nSPS) is 22.7. The zero-order chi connectivity index (χ0) is 10.9. The van der Waals surface area contributed by atoms with Crippen molar-refractivity contribution < 1.29 is 14.7 Å². The molecule has 0 spiro atoms. The quantitative estimate of drug-likeness (QED) is 0.646. The van der Waals surface area contributed by atoms with Crippen LogP contribution in [0, 0.1) is 0 Å². The lowest BCUT2D eigenvalue weighted by Gasteiger charge is -2.41. The van der Waals surface area contributed by atoms with Gasteiger partial charge in [0.05, 0.1) is 12.0 Å². The van der Waals surface area contributed by atoms with Gasteiger partial charge in [0.2, 0.25) is 0 Å². The molecule has 0 saturated heterocycles. The van der Waals surface area contributed by atoms with Crippen LogP contribution in [0.5, 0.6) is 0 Å². The molecule has 0 aromatic carbocycles. The topological polar surface area (TPSA) is 78.4 Å². The smallest absolute Gasteiger partial charge is 0.315 e. The van der Waals surface area contributed by atoms with Crippen LogP contribution in [0.3, 0.4) is 0 Å². The highest BCUT2D eigenvalue weighted by Gasteiger charge is 2.40. The molecule has 0 unspecified atom stereocenters. The minimum atomic E-state index is -0.846. The molecule has 5 nitrogen and oxygen atoms in total. The van der Waals surface area contributed by atoms with Gasteiger partial charge in [0.1, 0.15) is 0 Å². The molecule has 0 radical (unpaired) electrons. The number of nitrogens with one attached hydrogen (secondary N) is 2. The van der Waals surface area contributed by atoms with Crippen LogP contribution in [0.25, 0.3) is 0 Å². The monoisotopic (exact) mass is 212 g/mol. The molecule has 0 aliphatic heterocycles. The van der Waals surface area contributed by atoms with Crippen molar-refractivity contribution in [3.63, 3.8) is 0 Å². The van der Waals surface area contributed by atoms with E-state index in [4.69, 9.17) is 5.11 Å². The number of carbonyl (C=O) groups excluding carboxylic acids is 1. The Balaban J connectivity index is 1.83. The summed E-state index contributed by atoms with van der Waals surface area (Å²) in [5.74, 6) is -0.846. The second-order valence-electron chi connectivity index (χ2n) is 4.58. The maximum atomic E-state index is 11.5. The second-order valence-corrected chi connectivity index (χ2v) is 4.58. The number of hydrogen-bond acceptors (Lipinski definition) is 2. The van der Waals surface area contributed by atoms with Gasteiger partial charge in [-0.25, -0.2) is 4.79 Å². The van der Waals surface area contributed by atoms with E-state index >= 15 is 0 Å². The first-order chi connectivity index (χ1) is 7.10. The summed E-state index contributed by atoms with van der Waals surface area (Å²) in [6.07, 6.45) is 4.66. The molecule has 15 heavy (non-hydrogen) atoms. The summed E-state index contributed by atoms with van der Waals surface area (Å²) in [6.45, 7) is 0. The van der Waals surface area contributed by atoms with Crippen molar-refractivity contribution in [3.8, 4) is 0 Å². The molecule has 0 atom stereocenters. The summed E-state index contributed by atoms with van der Waals surface area (Å²) < 4.78 is 0. The van der Waals surface area contributed by atoms with Crippen molar-refractivity contribution in [1.82, 2.24) is 10.6 Å². The number of urea groups is 1. The van der Waals surface area contributed by atoms with Crippen LogP contribution < -0.4 is 10.6 Å². The van der Waals surface area contributed by atoms with Crippen LogP contribution in [0.2, 0.25) is 0 Å². The third-order valence-corrected chi connectivity index (χ3v) is 3.09. The number of amides is 2. The van der Waals surface area contributed by atoms with E-state index in [1.165, 1.54) is 0 Å². The number of carboxylic acids is 1. The Bertz CT molecular complexity index is 282. The number of carbonyl (C=O) groups is 2. The fourth-order valence-electron chi connectivity index (χ4n) is 1.93. The molecule has 84 valence electrons. The molecule has 2 aliphatic rings. The Kier molecular flexibility index (Phi) is 2.54. The van der Waals surface area contributed by atoms with Gasteiger partial charge >= 0.3 is 12.0 Å². The van der Waals surface area contributed by atoms with Crippen LogP contribution in [0.1, 0.15) is 38.5 Å². The van der Waals surface area contributed by atoms with Gasteiger partial charge in [-0.3, -0.25) is 4.79 Å². The molecule has 2 saturated carbocycles. The lowest BCUT2D eigenvalue weighted by atomic mass is 9.74.